The quantitative estimate of drug-likeness (QED) is 0.555. The van der Waals surface area contributed by atoms with E-state index in [2.05, 4.69) is 67.8 Å². The van der Waals surface area contributed by atoms with E-state index in [1.165, 1.54) is 22.4 Å². The molecule has 1 saturated heterocycles. The van der Waals surface area contributed by atoms with Gasteiger partial charge in [-0.3, -0.25) is 4.79 Å². The lowest BCUT2D eigenvalue weighted by Crippen LogP contribution is -2.51. The van der Waals surface area contributed by atoms with E-state index in [1.54, 1.807) is 0 Å². The highest BCUT2D eigenvalue weighted by Gasteiger charge is 2.28. The second-order valence-electron chi connectivity index (χ2n) is 8.90. The Hall–Kier alpha value is -2.96. The molecule has 1 aromatic heterocycles. The monoisotopic (exact) mass is 445 g/mol. The highest BCUT2D eigenvalue weighted by Crippen LogP contribution is 2.26. The summed E-state index contributed by atoms with van der Waals surface area (Å²) >= 11 is 0. The normalized spacial score (nSPS) is 16.2. The first-order chi connectivity index (χ1) is 16.1. The molecule has 2 aromatic carbocycles. The van der Waals surface area contributed by atoms with Crippen molar-refractivity contribution in [2.75, 3.05) is 26.2 Å². The molecule has 1 amide bonds. The highest BCUT2D eigenvalue weighted by atomic mass is 16.2. The first kappa shape index (κ1) is 23.2. The number of para-hydroxylation sites is 1. The van der Waals surface area contributed by atoms with Crippen LogP contribution in [0.15, 0.2) is 54.6 Å². The highest BCUT2D eigenvalue weighted by molar-refractivity contribution is 5.79. The summed E-state index contributed by atoms with van der Waals surface area (Å²) in [6.07, 6.45) is 2.03. The van der Waals surface area contributed by atoms with Crippen molar-refractivity contribution in [3.05, 3.63) is 82.7 Å². The maximum atomic E-state index is 13.2. The van der Waals surface area contributed by atoms with Crippen molar-refractivity contribution < 1.29 is 4.79 Å². The van der Waals surface area contributed by atoms with E-state index in [0.29, 0.717) is 13.1 Å². The van der Waals surface area contributed by atoms with E-state index in [-0.39, 0.29) is 11.9 Å². The zero-order chi connectivity index (χ0) is 23.2. The van der Waals surface area contributed by atoms with Crippen molar-refractivity contribution in [3.8, 4) is 5.69 Å². The number of rotatable bonds is 8. The zero-order valence-corrected chi connectivity index (χ0v) is 20.0. The van der Waals surface area contributed by atoms with Gasteiger partial charge in [0.2, 0.25) is 5.91 Å². The molecule has 6 nitrogen and oxygen atoms in total. The second-order valence-corrected chi connectivity index (χ2v) is 8.90. The van der Waals surface area contributed by atoms with Crippen LogP contribution in [0.4, 0.5) is 0 Å². The predicted molar refractivity (Wildman–Crippen MR) is 133 cm³/mol. The molecule has 1 atom stereocenters. The Morgan fingerprint density at radius 3 is 2.73 bits per heavy atom. The van der Waals surface area contributed by atoms with Gasteiger partial charge in [0.15, 0.2) is 0 Å². The minimum Gasteiger partial charge on any atom is -0.332 e. The van der Waals surface area contributed by atoms with Crippen LogP contribution in [-0.2, 0) is 17.8 Å². The number of aryl methyl sites for hydroxylation is 3. The summed E-state index contributed by atoms with van der Waals surface area (Å²) in [5, 5.41) is 11.6. The largest absolute Gasteiger partial charge is 0.332 e. The fourth-order valence-corrected chi connectivity index (χ4v) is 4.67. The van der Waals surface area contributed by atoms with Crippen molar-refractivity contribution in [2.24, 2.45) is 0 Å². The maximum absolute atomic E-state index is 13.2. The molecule has 0 radical (unpaired) electrons. The van der Waals surface area contributed by atoms with Crippen LogP contribution in [0, 0.1) is 13.8 Å². The number of hydrogen-bond acceptors (Lipinski definition) is 4. The number of nitrogens with one attached hydrogen (secondary N) is 2. The first-order valence-electron chi connectivity index (χ1n) is 12.0. The average molecular weight is 446 g/mol. The van der Waals surface area contributed by atoms with Crippen molar-refractivity contribution in [2.45, 2.75) is 46.2 Å². The van der Waals surface area contributed by atoms with Gasteiger partial charge in [-0.25, -0.2) is 4.68 Å². The van der Waals surface area contributed by atoms with Gasteiger partial charge < -0.3 is 15.5 Å². The Labute approximate surface area is 197 Å². The first-order valence-corrected chi connectivity index (χ1v) is 12.0. The molecule has 33 heavy (non-hydrogen) atoms. The summed E-state index contributed by atoms with van der Waals surface area (Å²) in [4.78, 5) is 15.2. The van der Waals surface area contributed by atoms with Gasteiger partial charge >= 0.3 is 0 Å². The fraction of sp³-hybridized carbons (Fsp3) is 0.407. The Balaban J connectivity index is 1.41. The van der Waals surface area contributed by atoms with Crippen LogP contribution in [-0.4, -0.2) is 46.8 Å². The summed E-state index contributed by atoms with van der Waals surface area (Å²) in [6.45, 7) is 9.64. The Morgan fingerprint density at radius 2 is 1.97 bits per heavy atom. The third-order valence-electron chi connectivity index (χ3n) is 6.27. The van der Waals surface area contributed by atoms with Crippen molar-refractivity contribution in [3.63, 3.8) is 0 Å². The molecule has 1 aliphatic rings. The number of piperazine rings is 1. The maximum Gasteiger partial charge on any atom is 0.237 e. The van der Waals surface area contributed by atoms with Gasteiger partial charge in [-0.05, 0) is 49.6 Å². The third kappa shape index (κ3) is 5.52. The van der Waals surface area contributed by atoms with Crippen LogP contribution in [0.5, 0.6) is 0 Å². The number of nitrogens with zero attached hydrogens (tertiary/aromatic N) is 3. The van der Waals surface area contributed by atoms with E-state index < -0.39 is 0 Å². The summed E-state index contributed by atoms with van der Waals surface area (Å²) < 4.78 is 2.02. The molecule has 2 N–H and O–H groups in total. The molecular weight excluding hydrogens is 410 g/mol. The van der Waals surface area contributed by atoms with Gasteiger partial charge in [-0.1, -0.05) is 55.3 Å². The molecule has 6 heteroatoms. The molecule has 0 saturated carbocycles. The van der Waals surface area contributed by atoms with Gasteiger partial charge in [0, 0.05) is 31.9 Å². The third-order valence-corrected chi connectivity index (χ3v) is 6.27. The predicted octanol–water partition coefficient (Wildman–Crippen LogP) is 3.70. The topological polar surface area (TPSA) is 62.2 Å². The minimum absolute atomic E-state index is 0.0714. The van der Waals surface area contributed by atoms with E-state index in [1.807, 2.05) is 27.8 Å². The van der Waals surface area contributed by atoms with Gasteiger partial charge in [0.05, 0.1) is 24.0 Å². The van der Waals surface area contributed by atoms with Crippen LogP contribution in [0.3, 0.4) is 0 Å². The molecule has 1 aliphatic heterocycles. The summed E-state index contributed by atoms with van der Waals surface area (Å²) in [5.41, 5.74) is 6.94. The molecular formula is C27H35N5O. The smallest absolute Gasteiger partial charge is 0.237 e. The van der Waals surface area contributed by atoms with Crippen LogP contribution in [0.1, 0.15) is 47.5 Å². The molecule has 3 aromatic rings. The molecule has 0 bridgehead atoms. The van der Waals surface area contributed by atoms with Crippen LogP contribution < -0.4 is 10.6 Å². The second kappa shape index (κ2) is 10.8. The van der Waals surface area contributed by atoms with Gasteiger partial charge in [-0.15, -0.1) is 0 Å². The minimum atomic E-state index is 0.0714. The van der Waals surface area contributed by atoms with Gasteiger partial charge in [0.25, 0.3) is 0 Å². The van der Waals surface area contributed by atoms with E-state index >= 15 is 0 Å². The van der Waals surface area contributed by atoms with E-state index in [4.69, 9.17) is 5.10 Å². The van der Waals surface area contributed by atoms with Gasteiger partial charge in [0.1, 0.15) is 0 Å². The number of aromatic nitrogens is 2. The molecule has 4 rings (SSSR count). The van der Waals surface area contributed by atoms with Crippen LogP contribution in [0.25, 0.3) is 5.69 Å². The summed E-state index contributed by atoms with van der Waals surface area (Å²) in [5.74, 6) is 0.137. The van der Waals surface area contributed by atoms with Crippen molar-refractivity contribution in [1.29, 1.82) is 0 Å². The fourth-order valence-electron chi connectivity index (χ4n) is 4.67. The molecule has 1 unspecified atom stereocenters. The van der Waals surface area contributed by atoms with E-state index in [9.17, 15) is 4.79 Å². The number of benzene rings is 2. The lowest BCUT2D eigenvalue weighted by molar-refractivity contribution is -0.133. The lowest BCUT2D eigenvalue weighted by atomic mass is 9.96. The van der Waals surface area contributed by atoms with E-state index in [0.717, 1.165) is 43.9 Å². The standard InChI is InChI=1S/C27H35N5O/c1-4-8-24-16-22(30-32(24)23-9-6-5-7-10-23)17-29-19-27(33)31-14-13-28-18-26(31)25-12-11-20(2)15-21(25)3/h5-7,9-12,15-16,26,28-29H,4,8,13-14,17-19H2,1-3H3. The van der Waals surface area contributed by atoms with Crippen LogP contribution >= 0.6 is 0 Å². The summed E-state index contributed by atoms with van der Waals surface area (Å²) in [6, 6.07) is 18.9. The lowest BCUT2D eigenvalue weighted by Gasteiger charge is -2.37. The van der Waals surface area contributed by atoms with Crippen LogP contribution in [0.2, 0.25) is 0 Å². The Kier molecular flexibility index (Phi) is 7.57. The zero-order valence-electron chi connectivity index (χ0n) is 20.0. The Morgan fingerprint density at radius 1 is 1.15 bits per heavy atom. The summed E-state index contributed by atoms with van der Waals surface area (Å²) in [7, 11) is 0. The Bertz CT molecular complexity index is 1080. The molecule has 2 heterocycles. The molecule has 174 valence electrons. The average Bonchev–Trinajstić information content (AvgIpc) is 3.22. The number of hydrogen-bond donors (Lipinski definition) is 2. The number of carbonyl (C=O) groups is 1. The van der Waals surface area contributed by atoms with Crippen molar-refractivity contribution in [1.82, 2.24) is 25.3 Å². The number of amides is 1. The van der Waals surface area contributed by atoms with Crippen molar-refractivity contribution >= 4 is 5.91 Å². The number of carbonyl (C=O) groups excluding carboxylic acids is 1. The van der Waals surface area contributed by atoms with Gasteiger partial charge in [-0.2, -0.15) is 5.10 Å². The molecule has 0 spiro atoms. The molecule has 1 fully saturated rings. The molecule has 0 aliphatic carbocycles. The SMILES string of the molecule is CCCc1cc(CNCC(=O)N2CCNCC2c2ccc(C)cc2C)nn1-c1ccccc1.